The van der Waals surface area contributed by atoms with Crippen LogP contribution in [0.25, 0.3) is 0 Å². The zero-order valence-electron chi connectivity index (χ0n) is 13.7. The van der Waals surface area contributed by atoms with Gasteiger partial charge in [0.2, 0.25) is 0 Å². The molecule has 0 aromatic rings. The van der Waals surface area contributed by atoms with Crippen LogP contribution in [0.15, 0.2) is 0 Å². The molecule has 4 fully saturated rings. The third-order valence-electron chi connectivity index (χ3n) is 8.59. The minimum absolute atomic E-state index is 0.0400. The van der Waals surface area contributed by atoms with Crippen LogP contribution >= 0.6 is 0 Å². The predicted octanol–water partition coefficient (Wildman–Crippen LogP) is 3.75. The molecule has 0 aliphatic heterocycles. The Morgan fingerprint density at radius 3 is 2.29 bits per heavy atom. The van der Waals surface area contributed by atoms with Crippen molar-refractivity contribution in [2.24, 2.45) is 34.5 Å². The molecule has 120 valence electrons. The molecule has 4 saturated carbocycles. The van der Waals surface area contributed by atoms with Crippen molar-refractivity contribution in [3.8, 4) is 0 Å². The molecule has 4 rings (SSSR count). The summed E-state index contributed by atoms with van der Waals surface area (Å²) < 4.78 is 0. The largest absolute Gasteiger partial charge is 0.393 e. The van der Waals surface area contributed by atoms with E-state index in [2.05, 4.69) is 13.8 Å². The van der Waals surface area contributed by atoms with Crippen molar-refractivity contribution in [3.05, 3.63) is 0 Å². The quantitative estimate of drug-likeness (QED) is 0.714. The highest BCUT2D eigenvalue weighted by molar-refractivity contribution is 5.09. The van der Waals surface area contributed by atoms with Gasteiger partial charge in [0.05, 0.1) is 12.2 Å². The standard InChI is InChI=1S/C19H32O2/c1-18-9-7-13(20)11-12(18)3-4-14-15-5-6-17(21)19(15,2)10-8-16(14)18/h12-17,20-21H,3-11H2,1-2H3/t12-,13-,14+,15-,16+,17-,18-,19-/m1/s1. The second kappa shape index (κ2) is 4.71. The van der Waals surface area contributed by atoms with E-state index in [9.17, 15) is 10.2 Å². The van der Waals surface area contributed by atoms with Gasteiger partial charge in [0, 0.05) is 0 Å². The molecule has 8 atom stereocenters. The summed E-state index contributed by atoms with van der Waals surface area (Å²) in [5.41, 5.74) is 0.676. The first-order valence-corrected chi connectivity index (χ1v) is 9.31. The van der Waals surface area contributed by atoms with E-state index in [1.54, 1.807) is 0 Å². The summed E-state index contributed by atoms with van der Waals surface area (Å²) in [6.45, 7) is 4.90. The van der Waals surface area contributed by atoms with E-state index in [4.69, 9.17) is 0 Å². The molecule has 0 bridgehead atoms. The maximum absolute atomic E-state index is 10.5. The van der Waals surface area contributed by atoms with Gasteiger partial charge in [0.25, 0.3) is 0 Å². The average molecular weight is 292 g/mol. The Morgan fingerprint density at radius 1 is 0.762 bits per heavy atom. The number of rotatable bonds is 0. The van der Waals surface area contributed by atoms with Crippen molar-refractivity contribution >= 4 is 0 Å². The third kappa shape index (κ3) is 1.91. The van der Waals surface area contributed by atoms with Gasteiger partial charge < -0.3 is 10.2 Å². The van der Waals surface area contributed by atoms with E-state index >= 15 is 0 Å². The Kier molecular flexibility index (Phi) is 3.25. The van der Waals surface area contributed by atoms with Crippen LogP contribution in [0.1, 0.15) is 71.6 Å². The van der Waals surface area contributed by atoms with Gasteiger partial charge in [-0.05, 0) is 92.3 Å². The molecule has 0 spiro atoms. The van der Waals surface area contributed by atoms with Crippen LogP contribution in [0, 0.1) is 34.5 Å². The fraction of sp³-hybridized carbons (Fsp3) is 1.00. The number of aliphatic hydroxyl groups is 2. The number of hydrogen-bond acceptors (Lipinski definition) is 2. The topological polar surface area (TPSA) is 40.5 Å². The van der Waals surface area contributed by atoms with Crippen molar-refractivity contribution < 1.29 is 10.2 Å². The molecule has 0 heterocycles. The highest BCUT2D eigenvalue weighted by Crippen LogP contribution is 2.66. The van der Waals surface area contributed by atoms with Gasteiger partial charge in [-0.15, -0.1) is 0 Å². The maximum atomic E-state index is 10.5. The molecule has 0 saturated heterocycles. The van der Waals surface area contributed by atoms with Crippen LogP contribution in [0.4, 0.5) is 0 Å². The van der Waals surface area contributed by atoms with E-state index < -0.39 is 0 Å². The Hall–Kier alpha value is -0.0800. The molecular weight excluding hydrogens is 260 g/mol. The Balaban J connectivity index is 1.62. The summed E-state index contributed by atoms with van der Waals surface area (Å²) in [4.78, 5) is 0. The van der Waals surface area contributed by atoms with Crippen molar-refractivity contribution in [3.63, 3.8) is 0 Å². The van der Waals surface area contributed by atoms with Crippen LogP contribution in [0.5, 0.6) is 0 Å². The van der Waals surface area contributed by atoms with Gasteiger partial charge >= 0.3 is 0 Å². The average Bonchev–Trinajstić information content (AvgIpc) is 2.76. The van der Waals surface area contributed by atoms with E-state index in [-0.39, 0.29) is 17.6 Å². The van der Waals surface area contributed by atoms with Crippen molar-refractivity contribution in [1.29, 1.82) is 0 Å². The molecule has 0 aromatic carbocycles. The van der Waals surface area contributed by atoms with Crippen LogP contribution in [0.3, 0.4) is 0 Å². The van der Waals surface area contributed by atoms with Crippen molar-refractivity contribution in [2.45, 2.75) is 83.8 Å². The van der Waals surface area contributed by atoms with E-state index in [0.717, 1.165) is 42.9 Å². The van der Waals surface area contributed by atoms with Crippen LogP contribution < -0.4 is 0 Å². The molecule has 2 N–H and O–H groups in total. The summed E-state index contributed by atoms with van der Waals surface area (Å²) in [5.74, 6) is 3.21. The molecule has 4 aliphatic rings. The first-order valence-electron chi connectivity index (χ1n) is 9.31. The molecule has 2 nitrogen and oxygen atoms in total. The molecule has 0 radical (unpaired) electrons. The summed E-state index contributed by atoms with van der Waals surface area (Å²) in [5, 5.41) is 20.5. The third-order valence-corrected chi connectivity index (χ3v) is 8.59. The molecule has 0 aromatic heterocycles. The Bertz CT molecular complexity index is 422. The predicted molar refractivity (Wildman–Crippen MR) is 83.7 cm³/mol. The molecule has 21 heavy (non-hydrogen) atoms. The summed E-state index contributed by atoms with van der Waals surface area (Å²) in [7, 11) is 0. The van der Waals surface area contributed by atoms with E-state index in [1.165, 1.54) is 38.5 Å². The first kappa shape index (κ1) is 14.5. The summed E-state index contributed by atoms with van der Waals surface area (Å²) in [6, 6.07) is 0. The second-order valence-corrected chi connectivity index (χ2v) is 9.22. The zero-order chi connectivity index (χ0) is 14.8. The number of fused-ring (bicyclic) bond motifs is 5. The van der Waals surface area contributed by atoms with Gasteiger partial charge in [0.15, 0.2) is 0 Å². The van der Waals surface area contributed by atoms with Gasteiger partial charge in [0.1, 0.15) is 0 Å². The molecule has 0 amide bonds. The summed E-state index contributed by atoms with van der Waals surface area (Å²) in [6.07, 6.45) is 10.7. The lowest BCUT2D eigenvalue weighted by atomic mass is 9.45. The minimum Gasteiger partial charge on any atom is -0.393 e. The Morgan fingerprint density at radius 2 is 1.48 bits per heavy atom. The first-order chi connectivity index (χ1) is 9.95. The maximum Gasteiger partial charge on any atom is 0.0596 e. The minimum atomic E-state index is -0.0536. The van der Waals surface area contributed by atoms with E-state index in [1.807, 2.05) is 0 Å². The lowest BCUT2D eigenvalue weighted by Crippen LogP contribution is -2.54. The normalized spacial score (nSPS) is 60.0. The van der Waals surface area contributed by atoms with Gasteiger partial charge in [-0.3, -0.25) is 0 Å². The fourth-order valence-electron chi connectivity index (χ4n) is 7.21. The zero-order valence-corrected chi connectivity index (χ0v) is 13.7. The number of aliphatic hydroxyl groups excluding tert-OH is 2. The monoisotopic (exact) mass is 292 g/mol. The molecule has 0 unspecified atom stereocenters. The Labute approximate surface area is 129 Å². The highest BCUT2D eigenvalue weighted by atomic mass is 16.3. The van der Waals surface area contributed by atoms with Crippen LogP contribution in [0.2, 0.25) is 0 Å². The second-order valence-electron chi connectivity index (χ2n) is 9.22. The highest BCUT2D eigenvalue weighted by Gasteiger charge is 2.59. The number of hydrogen-bond donors (Lipinski definition) is 2. The van der Waals surface area contributed by atoms with Crippen molar-refractivity contribution in [2.75, 3.05) is 0 Å². The van der Waals surface area contributed by atoms with Crippen molar-refractivity contribution in [1.82, 2.24) is 0 Å². The molecule has 4 aliphatic carbocycles. The van der Waals surface area contributed by atoms with Gasteiger partial charge in [-0.2, -0.15) is 0 Å². The van der Waals surface area contributed by atoms with Crippen LogP contribution in [-0.4, -0.2) is 22.4 Å². The van der Waals surface area contributed by atoms with Crippen LogP contribution in [-0.2, 0) is 0 Å². The lowest BCUT2D eigenvalue weighted by molar-refractivity contribution is -0.133. The van der Waals surface area contributed by atoms with E-state index in [0.29, 0.717) is 5.41 Å². The summed E-state index contributed by atoms with van der Waals surface area (Å²) >= 11 is 0. The SMILES string of the molecule is C[C@@]12CC[C@H]3[C@@H](CC[C@@H]4C[C@H](O)CC[C@]43C)[C@H]1CC[C@H]2O. The smallest absolute Gasteiger partial charge is 0.0596 e. The molecular formula is C19H32O2. The molecule has 2 heteroatoms. The van der Waals surface area contributed by atoms with Gasteiger partial charge in [-0.1, -0.05) is 13.8 Å². The lowest BCUT2D eigenvalue weighted by Gasteiger charge is -2.60. The van der Waals surface area contributed by atoms with Gasteiger partial charge in [-0.25, -0.2) is 0 Å². The fourth-order valence-corrected chi connectivity index (χ4v) is 7.21.